The van der Waals surface area contributed by atoms with E-state index in [2.05, 4.69) is 4.74 Å². The first-order valence-corrected chi connectivity index (χ1v) is 4.21. The molecular weight excluding hydrogens is 218 g/mol. The van der Waals surface area contributed by atoms with Crippen molar-refractivity contribution in [1.82, 2.24) is 0 Å². The summed E-state index contributed by atoms with van der Waals surface area (Å²) in [5.41, 5.74) is 0.202. The summed E-state index contributed by atoms with van der Waals surface area (Å²) in [6.45, 7) is 0. The Morgan fingerprint density at radius 2 is 1.85 bits per heavy atom. The molecule has 0 radical (unpaired) electrons. The number of benzene rings is 1. The highest BCUT2D eigenvalue weighted by Crippen LogP contribution is 2.09. The minimum Gasteiger partial charge on any atom is -0.428 e. The van der Waals surface area contributed by atoms with E-state index >= 15 is 0 Å². The fraction of sp³-hybridized carbons (Fsp3) is 0.125. The van der Waals surface area contributed by atoms with Gasteiger partial charge < -0.3 is 4.74 Å². The highest BCUT2D eigenvalue weighted by molar-refractivity contribution is 6.43. The fourth-order valence-corrected chi connectivity index (χ4v) is 0.897. The van der Waals surface area contributed by atoms with Crippen molar-refractivity contribution in [3.8, 4) is 0 Å². The van der Waals surface area contributed by atoms with Crippen LogP contribution in [0.25, 0.3) is 0 Å². The molecule has 0 spiro atoms. The molecule has 0 fully saturated rings. The molecule has 0 aliphatic rings. The van der Waals surface area contributed by atoms with Gasteiger partial charge in [-0.2, -0.15) is 0 Å². The highest BCUT2D eigenvalue weighted by atomic mass is 35.5. The Morgan fingerprint density at radius 1 is 1.31 bits per heavy atom. The van der Waals surface area contributed by atoms with Crippen molar-refractivity contribution >= 4 is 29.2 Å². The zero-order valence-corrected chi connectivity index (χ0v) is 7.85. The van der Waals surface area contributed by atoms with Gasteiger partial charge in [-0.1, -0.05) is 23.2 Å². The lowest BCUT2D eigenvalue weighted by atomic mass is 10.2. The molecule has 0 aliphatic carbocycles. The van der Waals surface area contributed by atoms with E-state index in [0.29, 0.717) is 0 Å². The van der Waals surface area contributed by atoms with Gasteiger partial charge in [0.2, 0.25) is 0 Å². The van der Waals surface area contributed by atoms with Crippen LogP contribution < -0.4 is 0 Å². The second-order valence-corrected chi connectivity index (χ2v) is 3.19. The summed E-state index contributed by atoms with van der Waals surface area (Å²) in [6.07, 6.45) is 0. The van der Waals surface area contributed by atoms with Crippen LogP contribution in [-0.2, 0) is 4.74 Å². The van der Waals surface area contributed by atoms with Crippen LogP contribution in [0.2, 0.25) is 0 Å². The van der Waals surface area contributed by atoms with Crippen LogP contribution >= 0.6 is 23.2 Å². The second-order valence-electron chi connectivity index (χ2n) is 2.17. The van der Waals surface area contributed by atoms with Crippen molar-refractivity contribution in [1.29, 1.82) is 0 Å². The van der Waals surface area contributed by atoms with Gasteiger partial charge in [-0.3, -0.25) is 0 Å². The molecule has 1 rings (SSSR count). The van der Waals surface area contributed by atoms with Crippen molar-refractivity contribution in [2.75, 3.05) is 0 Å². The monoisotopic (exact) mass is 222 g/mol. The number of alkyl halides is 2. The second kappa shape index (κ2) is 4.44. The van der Waals surface area contributed by atoms with Crippen molar-refractivity contribution in [3.05, 3.63) is 35.6 Å². The molecule has 0 bridgehead atoms. The van der Waals surface area contributed by atoms with Crippen molar-refractivity contribution in [3.63, 3.8) is 0 Å². The van der Waals surface area contributed by atoms with E-state index in [1.807, 2.05) is 0 Å². The summed E-state index contributed by atoms with van der Waals surface area (Å²) in [5, 5.41) is -1.21. The Bertz CT molecular complexity index is 298. The Hall–Kier alpha value is -0.800. The lowest BCUT2D eigenvalue weighted by molar-refractivity contribution is 0.0536. The maximum Gasteiger partial charge on any atom is 0.340 e. The summed E-state index contributed by atoms with van der Waals surface area (Å²) in [4.78, 5) is 11.1. The molecule has 2 nitrogen and oxygen atoms in total. The molecule has 13 heavy (non-hydrogen) atoms. The predicted molar refractivity (Wildman–Crippen MR) is 47.3 cm³/mol. The zero-order chi connectivity index (χ0) is 9.84. The normalized spacial score (nSPS) is 10.2. The first-order valence-electron chi connectivity index (χ1n) is 3.34. The van der Waals surface area contributed by atoms with E-state index in [-0.39, 0.29) is 5.56 Å². The maximum absolute atomic E-state index is 12.4. The molecule has 0 aromatic heterocycles. The van der Waals surface area contributed by atoms with Gasteiger partial charge in [0.05, 0.1) is 5.56 Å². The van der Waals surface area contributed by atoms with E-state index in [4.69, 9.17) is 23.2 Å². The van der Waals surface area contributed by atoms with Crippen LogP contribution in [0.5, 0.6) is 0 Å². The van der Waals surface area contributed by atoms with Crippen LogP contribution in [0.4, 0.5) is 4.39 Å². The van der Waals surface area contributed by atoms with Gasteiger partial charge in [0, 0.05) is 0 Å². The van der Waals surface area contributed by atoms with E-state index in [1.165, 1.54) is 12.1 Å². The minimum atomic E-state index is -1.21. The van der Waals surface area contributed by atoms with Gasteiger partial charge in [0.25, 0.3) is 5.02 Å². The van der Waals surface area contributed by atoms with Crippen LogP contribution in [0.3, 0.4) is 0 Å². The van der Waals surface area contributed by atoms with E-state index < -0.39 is 16.8 Å². The summed E-state index contributed by atoms with van der Waals surface area (Å²) in [7, 11) is 0. The van der Waals surface area contributed by atoms with Gasteiger partial charge >= 0.3 is 5.97 Å². The van der Waals surface area contributed by atoms with Gasteiger partial charge in [-0.25, -0.2) is 9.18 Å². The van der Waals surface area contributed by atoms with Gasteiger partial charge in [0.15, 0.2) is 0 Å². The van der Waals surface area contributed by atoms with Crippen molar-refractivity contribution in [2.45, 2.75) is 5.02 Å². The molecule has 70 valence electrons. The third kappa shape index (κ3) is 3.20. The molecule has 0 unspecified atom stereocenters. The summed E-state index contributed by atoms with van der Waals surface area (Å²) < 4.78 is 16.9. The Labute approximate surface area is 84.2 Å². The number of halogens is 3. The quantitative estimate of drug-likeness (QED) is 0.569. The molecule has 0 saturated heterocycles. The standard InChI is InChI=1S/C8H5Cl2FO2/c9-8(10)13-7(12)5-1-3-6(11)4-2-5/h1-4,8H. The molecule has 0 N–H and O–H groups in total. The first-order chi connectivity index (χ1) is 6.09. The topological polar surface area (TPSA) is 26.3 Å². The molecule has 1 aromatic rings. The molecular formula is C8H5Cl2FO2. The number of hydrogen-bond donors (Lipinski definition) is 0. The number of hydrogen-bond acceptors (Lipinski definition) is 2. The fourth-order valence-electron chi connectivity index (χ4n) is 0.735. The van der Waals surface area contributed by atoms with Crippen molar-refractivity contribution < 1.29 is 13.9 Å². The summed E-state index contributed by atoms with van der Waals surface area (Å²) in [6, 6.07) is 4.86. The van der Waals surface area contributed by atoms with Crippen LogP contribution in [0, 0.1) is 5.82 Å². The molecule has 0 aliphatic heterocycles. The number of carbonyl (C=O) groups is 1. The van der Waals surface area contributed by atoms with Crippen LogP contribution in [0.1, 0.15) is 10.4 Å². The smallest absolute Gasteiger partial charge is 0.340 e. The van der Waals surface area contributed by atoms with E-state index in [9.17, 15) is 9.18 Å². The summed E-state index contributed by atoms with van der Waals surface area (Å²) in [5.74, 6) is -1.11. The van der Waals surface area contributed by atoms with Crippen molar-refractivity contribution in [2.24, 2.45) is 0 Å². The zero-order valence-electron chi connectivity index (χ0n) is 6.34. The average molecular weight is 223 g/mol. The molecule has 5 heteroatoms. The van der Waals surface area contributed by atoms with Crippen LogP contribution in [0.15, 0.2) is 24.3 Å². The number of carbonyl (C=O) groups excluding carboxylic acids is 1. The molecule has 0 amide bonds. The molecule has 0 saturated carbocycles. The predicted octanol–water partition coefficient (Wildman–Crippen LogP) is 2.74. The third-order valence-corrected chi connectivity index (χ3v) is 1.45. The largest absolute Gasteiger partial charge is 0.428 e. The SMILES string of the molecule is O=C(OC(Cl)Cl)c1ccc(F)cc1. The minimum absolute atomic E-state index is 0.202. The van der Waals surface area contributed by atoms with Gasteiger partial charge in [-0.05, 0) is 24.3 Å². The lowest BCUT2D eigenvalue weighted by Gasteiger charge is -2.03. The Balaban J connectivity index is 2.72. The number of rotatable bonds is 2. The molecule has 1 aromatic carbocycles. The summed E-state index contributed by atoms with van der Waals surface area (Å²) >= 11 is 10.4. The molecule has 0 heterocycles. The highest BCUT2D eigenvalue weighted by Gasteiger charge is 2.10. The number of esters is 1. The van der Waals surface area contributed by atoms with E-state index in [0.717, 1.165) is 12.1 Å². The van der Waals surface area contributed by atoms with Gasteiger partial charge in [0.1, 0.15) is 5.82 Å². The average Bonchev–Trinajstić information content (AvgIpc) is 2.04. The lowest BCUT2D eigenvalue weighted by Crippen LogP contribution is -2.07. The first kappa shape index (κ1) is 10.3. The van der Waals surface area contributed by atoms with Crippen LogP contribution in [-0.4, -0.2) is 11.0 Å². The van der Waals surface area contributed by atoms with Gasteiger partial charge in [-0.15, -0.1) is 0 Å². The van der Waals surface area contributed by atoms with E-state index in [1.54, 1.807) is 0 Å². The Kier molecular flexibility index (Phi) is 3.51. The third-order valence-electron chi connectivity index (χ3n) is 1.28. The molecule has 0 atom stereocenters. The maximum atomic E-state index is 12.4. The Morgan fingerprint density at radius 3 is 2.31 bits per heavy atom. The number of ether oxygens (including phenoxy) is 1.